The Morgan fingerprint density at radius 2 is 1.85 bits per heavy atom. The Balaban J connectivity index is 1.79. The Hall–Kier alpha value is -2.66. The number of fused-ring (bicyclic) bond motifs is 1. The topological polar surface area (TPSA) is 75.4 Å². The van der Waals surface area contributed by atoms with Crippen molar-refractivity contribution in [3.63, 3.8) is 0 Å². The number of benzene rings is 2. The van der Waals surface area contributed by atoms with Crippen LogP contribution in [0, 0.1) is 0 Å². The normalized spacial score (nSPS) is 16.0. The first-order valence-corrected chi connectivity index (χ1v) is 9.52. The Kier molecular flexibility index (Phi) is 5.91. The summed E-state index contributed by atoms with van der Waals surface area (Å²) in [6.07, 6.45) is 2.71. The second kappa shape index (κ2) is 8.35. The van der Waals surface area contributed by atoms with Gasteiger partial charge < -0.3 is 16.0 Å². The van der Waals surface area contributed by atoms with Crippen molar-refractivity contribution in [1.29, 1.82) is 0 Å². The molecule has 3 N–H and O–H groups in total. The molecule has 5 heteroatoms. The molecule has 0 aliphatic carbocycles. The van der Waals surface area contributed by atoms with E-state index in [1.165, 1.54) is 5.56 Å². The molecule has 2 amide bonds. The van der Waals surface area contributed by atoms with E-state index in [0.717, 1.165) is 36.1 Å². The summed E-state index contributed by atoms with van der Waals surface area (Å²) in [5.41, 5.74) is 10.5. The summed E-state index contributed by atoms with van der Waals surface area (Å²) in [5.74, 6) is 0.00716. The van der Waals surface area contributed by atoms with Gasteiger partial charge in [0.1, 0.15) is 0 Å². The second-order valence-electron chi connectivity index (χ2n) is 7.10. The monoisotopic (exact) mass is 365 g/mol. The molecule has 1 atom stereocenters. The predicted molar refractivity (Wildman–Crippen MR) is 109 cm³/mol. The quantitative estimate of drug-likeness (QED) is 0.800. The van der Waals surface area contributed by atoms with Crippen molar-refractivity contribution in [1.82, 2.24) is 5.32 Å². The van der Waals surface area contributed by atoms with E-state index in [2.05, 4.69) is 18.3 Å². The minimum absolute atomic E-state index is 0.0773. The van der Waals surface area contributed by atoms with Crippen molar-refractivity contribution in [3.8, 4) is 11.1 Å². The van der Waals surface area contributed by atoms with Crippen LogP contribution in [0.25, 0.3) is 11.1 Å². The highest BCUT2D eigenvalue weighted by atomic mass is 16.2. The molecule has 5 nitrogen and oxygen atoms in total. The standard InChI is InChI=1S/C22H27N3O2/c1-15-4-5-20-14-19(10-11-21(20)25(15)16(2)26)17-6-8-18(9-7-17)22(27)24-13-3-12-23/h6-11,14-15H,3-5,12-13,23H2,1-2H3,(H,24,27)/t15-/m0/s1. The maximum absolute atomic E-state index is 12.1. The number of carbonyl (C=O) groups is 2. The number of aryl methyl sites for hydroxylation is 1. The van der Waals surface area contributed by atoms with E-state index in [1.807, 2.05) is 41.3 Å². The van der Waals surface area contributed by atoms with E-state index >= 15 is 0 Å². The lowest BCUT2D eigenvalue weighted by molar-refractivity contribution is -0.117. The van der Waals surface area contributed by atoms with Crippen LogP contribution in [-0.2, 0) is 11.2 Å². The zero-order valence-electron chi connectivity index (χ0n) is 16.0. The molecule has 0 saturated heterocycles. The molecule has 142 valence electrons. The molecule has 0 fully saturated rings. The first-order chi connectivity index (χ1) is 13.0. The van der Waals surface area contributed by atoms with Crippen molar-refractivity contribution in [2.24, 2.45) is 5.73 Å². The summed E-state index contributed by atoms with van der Waals surface area (Å²) in [6.45, 7) is 4.87. The van der Waals surface area contributed by atoms with Crippen LogP contribution in [0.5, 0.6) is 0 Å². The molecule has 3 rings (SSSR count). The fourth-order valence-electron chi connectivity index (χ4n) is 3.63. The van der Waals surface area contributed by atoms with Gasteiger partial charge in [-0.2, -0.15) is 0 Å². The van der Waals surface area contributed by atoms with Gasteiger partial charge in [-0.15, -0.1) is 0 Å². The molecule has 0 bridgehead atoms. The van der Waals surface area contributed by atoms with Crippen molar-refractivity contribution >= 4 is 17.5 Å². The molecule has 1 aliphatic rings. The lowest BCUT2D eigenvalue weighted by atomic mass is 9.93. The SMILES string of the molecule is CC(=O)N1c2ccc(-c3ccc(C(=O)NCCCN)cc3)cc2CC[C@@H]1C. The number of amides is 2. The molecular formula is C22H27N3O2. The van der Waals surface area contributed by atoms with Crippen LogP contribution in [0.15, 0.2) is 42.5 Å². The summed E-state index contributed by atoms with van der Waals surface area (Å²) in [6, 6.07) is 14.1. The van der Waals surface area contributed by atoms with Crippen LogP contribution < -0.4 is 16.0 Å². The summed E-state index contributed by atoms with van der Waals surface area (Å²) in [7, 11) is 0. The largest absolute Gasteiger partial charge is 0.352 e. The van der Waals surface area contributed by atoms with Gasteiger partial charge in [0.2, 0.25) is 5.91 Å². The Morgan fingerprint density at radius 3 is 2.52 bits per heavy atom. The molecule has 1 heterocycles. The van der Waals surface area contributed by atoms with E-state index in [0.29, 0.717) is 18.7 Å². The van der Waals surface area contributed by atoms with E-state index in [1.54, 1.807) is 6.92 Å². The van der Waals surface area contributed by atoms with Gasteiger partial charge in [0, 0.05) is 30.8 Å². The van der Waals surface area contributed by atoms with Gasteiger partial charge in [-0.1, -0.05) is 18.2 Å². The smallest absolute Gasteiger partial charge is 0.251 e. The summed E-state index contributed by atoms with van der Waals surface area (Å²) in [4.78, 5) is 26.0. The highest BCUT2D eigenvalue weighted by Gasteiger charge is 2.26. The van der Waals surface area contributed by atoms with Crippen LogP contribution in [0.4, 0.5) is 5.69 Å². The Morgan fingerprint density at radius 1 is 1.15 bits per heavy atom. The van der Waals surface area contributed by atoms with Crippen LogP contribution in [0.3, 0.4) is 0 Å². The summed E-state index contributed by atoms with van der Waals surface area (Å²) in [5, 5.41) is 2.86. The minimum atomic E-state index is -0.0773. The number of anilines is 1. The average Bonchev–Trinajstić information content (AvgIpc) is 2.67. The molecule has 1 aliphatic heterocycles. The van der Waals surface area contributed by atoms with Crippen LogP contribution in [0.2, 0.25) is 0 Å². The Bertz CT molecular complexity index is 830. The molecule has 2 aromatic rings. The first-order valence-electron chi connectivity index (χ1n) is 9.52. The third-order valence-corrected chi connectivity index (χ3v) is 5.10. The summed E-state index contributed by atoms with van der Waals surface area (Å²) >= 11 is 0. The second-order valence-corrected chi connectivity index (χ2v) is 7.10. The van der Waals surface area contributed by atoms with Crippen molar-refractivity contribution in [2.75, 3.05) is 18.0 Å². The maximum Gasteiger partial charge on any atom is 0.251 e. The summed E-state index contributed by atoms with van der Waals surface area (Å²) < 4.78 is 0. The van der Waals surface area contributed by atoms with E-state index in [-0.39, 0.29) is 17.9 Å². The molecule has 0 spiro atoms. The highest BCUT2D eigenvalue weighted by Crippen LogP contribution is 2.34. The van der Waals surface area contributed by atoms with Crippen molar-refractivity contribution in [3.05, 3.63) is 53.6 Å². The number of hydrogen-bond donors (Lipinski definition) is 2. The van der Waals surface area contributed by atoms with E-state index in [9.17, 15) is 9.59 Å². The number of nitrogens with one attached hydrogen (secondary N) is 1. The van der Waals surface area contributed by atoms with Crippen molar-refractivity contribution in [2.45, 2.75) is 39.2 Å². The zero-order valence-corrected chi connectivity index (χ0v) is 16.0. The molecule has 0 radical (unpaired) electrons. The number of nitrogens with two attached hydrogens (primary N) is 1. The van der Waals surface area contributed by atoms with Gasteiger partial charge >= 0.3 is 0 Å². The number of carbonyl (C=O) groups excluding carboxylic acids is 2. The number of rotatable bonds is 5. The lowest BCUT2D eigenvalue weighted by Gasteiger charge is -2.34. The highest BCUT2D eigenvalue weighted by molar-refractivity contribution is 5.95. The van der Waals surface area contributed by atoms with Crippen LogP contribution in [-0.4, -0.2) is 30.9 Å². The van der Waals surface area contributed by atoms with Gasteiger partial charge in [-0.25, -0.2) is 0 Å². The van der Waals surface area contributed by atoms with E-state index < -0.39 is 0 Å². The molecule has 0 unspecified atom stereocenters. The van der Waals surface area contributed by atoms with Gasteiger partial charge in [-0.05, 0) is 73.7 Å². The van der Waals surface area contributed by atoms with Gasteiger partial charge in [-0.3, -0.25) is 9.59 Å². The van der Waals surface area contributed by atoms with Crippen LogP contribution in [0.1, 0.15) is 42.6 Å². The van der Waals surface area contributed by atoms with E-state index in [4.69, 9.17) is 5.73 Å². The molecule has 2 aromatic carbocycles. The molecule has 0 aromatic heterocycles. The van der Waals surface area contributed by atoms with Crippen LogP contribution >= 0.6 is 0 Å². The molecule has 0 saturated carbocycles. The van der Waals surface area contributed by atoms with Gasteiger partial charge in [0.15, 0.2) is 0 Å². The van der Waals surface area contributed by atoms with Crippen molar-refractivity contribution < 1.29 is 9.59 Å². The first kappa shape index (κ1) is 19.1. The zero-order chi connectivity index (χ0) is 19.4. The lowest BCUT2D eigenvalue weighted by Crippen LogP contribution is -2.40. The Labute approximate surface area is 160 Å². The number of nitrogens with zero attached hydrogens (tertiary/aromatic N) is 1. The van der Waals surface area contributed by atoms with Gasteiger partial charge in [0.05, 0.1) is 0 Å². The third-order valence-electron chi connectivity index (χ3n) is 5.10. The third kappa shape index (κ3) is 4.19. The fraction of sp³-hybridized carbons (Fsp3) is 0.364. The fourth-order valence-corrected chi connectivity index (χ4v) is 3.63. The molecular weight excluding hydrogens is 338 g/mol. The predicted octanol–water partition coefficient (Wildman–Crippen LogP) is 3.12. The average molecular weight is 365 g/mol. The molecule has 27 heavy (non-hydrogen) atoms. The minimum Gasteiger partial charge on any atom is -0.352 e. The number of hydrogen-bond acceptors (Lipinski definition) is 3. The van der Waals surface area contributed by atoms with Gasteiger partial charge in [0.25, 0.3) is 5.91 Å². The maximum atomic E-state index is 12.1.